The van der Waals surface area contributed by atoms with Gasteiger partial charge in [-0.15, -0.1) is 0 Å². The molecule has 0 heterocycles. The lowest BCUT2D eigenvalue weighted by molar-refractivity contribution is -0.141. The van der Waals surface area contributed by atoms with Gasteiger partial charge in [-0.1, -0.05) is 30.3 Å². The average Bonchev–Trinajstić information content (AvgIpc) is 2.36. The Kier molecular flexibility index (Phi) is 5.21. The van der Waals surface area contributed by atoms with E-state index in [1.165, 1.54) is 0 Å². The maximum Gasteiger partial charge on any atom is 0.414 e. The van der Waals surface area contributed by atoms with Crippen molar-refractivity contribution in [1.82, 2.24) is 10.6 Å². The maximum atomic E-state index is 11.2. The zero-order valence-corrected chi connectivity index (χ0v) is 10.1. The van der Waals surface area contributed by atoms with Gasteiger partial charge in [0.25, 0.3) is 0 Å². The number of hydrogen-bond donors (Lipinski definition) is 2. The lowest BCUT2D eigenvalue weighted by Crippen LogP contribution is -2.44. The van der Waals surface area contributed by atoms with Crippen LogP contribution in [0.3, 0.4) is 0 Å². The first-order valence-electron chi connectivity index (χ1n) is 5.32. The Hall–Kier alpha value is -2.70. The zero-order valence-electron chi connectivity index (χ0n) is 10.1. The van der Waals surface area contributed by atoms with Crippen LogP contribution in [0.15, 0.2) is 30.3 Å². The fraction of sp³-hybridized carbons (Fsp3) is 0.167. The fourth-order valence-electron chi connectivity index (χ4n) is 1.13. The molecule has 1 aromatic rings. The normalized spacial score (nSPS) is 9.32. The summed E-state index contributed by atoms with van der Waals surface area (Å²) < 4.78 is 4.72. The summed E-state index contributed by atoms with van der Waals surface area (Å²) in [4.78, 5) is 43.9. The van der Waals surface area contributed by atoms with Crippen LogP contribution in [0, 0.1) is 0 Å². The molecule has 1 rings (SSSR count). The summed E-state index contributed by atoms with van der Waals surface area (Å²) >= 11 is 0. The second kappa shape index (κ2) is 6.90. The number of imide groups is 2. The Bertz CT molecular complexity index is 498. The number of carbonyl (C=O) groups excluding carboxylic acids is 4. The summed E-state index contributed by atoms with van der Waals surface area (Å²) in [5.41, 5.74) is 0.735. The number of alkyl carbamates (subject to hydrolysis) is 1. The van der Waals surface area contributed by atoms with Crippen LogP contribution in [0.2, 0.25) is 0 Å². The van der Waals surface area contributed by atoms with Gasteiger partial charge in [-0.3, -0.25) is 25.0 Å². The number of benzene rings is 1. The van der Waals surface area contributed by atoms with Gasteiger partial charge in [0, 0.05) is 6.92 Å². The van der Waals surface area contributed by atoms with Crippen molar-refractivity contribution in [1.29, 1.82) is 0 Å². The van der Waals surface area contributed by atoms with Crippen molar-refractivity contribution in [2.75, 3.05) is 0 Å². The highest BCUT2D eigenvalue weighted by Crippen LogP contribution is 2.00. The van der Waals surface area contributed by atoms with Crippen LogP contribution in [0.25, 0.3) is 0 Å². The zero-order chi connectivity index (χ0) is 14.3. The van der Waals surface area contributed by atoms with Crippen LogP contribution in [-0.4, -0.2) is 23.8 Å². The SMILES string of the molecule is CC(=O)NC(=O)C(=O)NC(=O)OCc1ccccc1. The van der Waals surface area contributed by atoms with Crippen LogP contribution in [0.1, 0.15) is 12.5 Å². The van der Waals surface area contributed by atoms with E-state index in [2.05, 4.69) is 0 Å². The molecule has 0 fully saturated rings. The summed E-state index contributed by atoms with van der Waals surface area (Å²) in [6.07, 6.45) is -1.06. The monoisotopic (exact) mass is 264 g/mol. The van der Waals surface area contributed by atoms with E-state index in [1.54, 1.807) is 41.0 Å². The number of hydrogen-bond acceptors (Lipinski definition) is 5. The van der Waals surface area contributed by atoms with Crippen molar-refractivity contribution in [2.45, 2.75) is 13.5 Å². The lowest BCUT2D eigenvalue weighted by atomic mass is 10.2. The molecule has 0 atom stereocenters. The smallest absolute Gasteiger partial charge is 0.414 e. The minimum atomic E-state index is -1.26. The van der Waals surface area contributed by atoms with E-state index in [4.69, 9.17) is 4.74 Å². The summed E-state index contributed by atoms with van der Waals surface area (Å²) in [6.45, 7) is 1.03. The number of carbonyl (C=O) groups is 4. The number of ether oxygens (including phenoxy) is 1. The average molecular weight is 264 g/mol. The number of amides is 4. The topological polar surface area (TPSA) is 102 Å². The highest BCUT2D eigenvalue weighted by molar-refractivity contribution is 6.39. The molecule has 0 aliphatic carbocycles. The van der Waals surface area contributed by atoms with Crippen LogP contribution < -0.4 is 10.6 Å². The van der Waals surface area contributed by atoms with Crippen molar-refractivity contribution in [3.63, 3.8) is 0 Å². The first-order chi connectivity index (χ1) is 8.99. The first-order valence-corrected chi connectivity index (χ1v) is 5.32. The second-order valence-corrected chi connectivity index (χ2v) is 3.53. The number of rotatable bonds is 2. The quantitative estimate of drug-likeness (QED) is 0.738. The molecule has 0 bridgehead atoms. The summed E-state index contributed by atoms with van der Waals surface area (Å²) in [5.74, 6) is -3.17. The molecule has 100 valence electrons. The molecule has 0 aliphatic heterocycles. The molecule has 0 unspecified atom stereocenters. The predicted octanol–water partition coefficient (Wildman–Crippen LogP) is 0.102. The molecule has 0 saturated heterocycles. The third-order valence-corrected chi connectivity index (χ3v) is 1.92. The largest absolute Gasteiger partial charge is 0.444 e. The van der Waals surface area contributed by atoms with Gasteiger partial charge in [0.2, 0.25) is 5.91 Å². The van der Waals surface area contributed by atoms with Crippen LogP contribution in [-0.2, 0) is 25.7 Å². The first kappa shape index (κ1) is 14.4. The van der Waals surface area contributed by atoms with Crippen molar-refractivity contribution in [3.05, 3.63) is 35.9 Å². The molecule has 0 spiro atoms. The minimum absolute atomic E-state index is 0.0335. The van der Waals surface area contributed by atoms with E-state index in [-0.39, 0.29) is 6.61 Å². The molecule has 0 radical (unpaired) electrons. The van der Waals surface area contributed by atoms with Crippen molar-refractivity contribution in [2.24, 2.45) is 0 Å². The summed E-state index contributed by atoms with van der Waals surface area (Å²) in [6, 6.07) is 8.80. The maximum absolute atomic E-state index is 11.2. The van der Waals surface area contributed by atoms with E-state index in [0.29, 0.717) is 0 Å². The van der Waals surface area contributed by atoms with Crippen molar-refractivity contribution < 1.29 is 23.9 Å². The van der Waals surface area contributed by atoms with Gasteiger partial charge in [0.05, 0.1) is 0 Å². The third kappa shape index (κ3) is 5.44. The van der Waals surface area contributed by atoms with Crippen LogP contribution in [0.4, 0.5) is 4.79 Å². The predicted molar refractivity (Wildman–Crippen MR) is 63.6 cm³/mol. The van der Waals surface area contributed by atoms with E-state index in [1.807, 2.05) is 0 Å². The Morgan fingerprint density at radius 1 is 1.00 bits per heavy atom. The molecule has 0 aliphatic rings. The molecule has 19 heavy (non-hydrogen) atoms. The van der Waals surface area contributed by atoms with E-state index in [0.717, 1.165) is 12.5 Å². The lowest BCUT2D eigenvalue weighted by Gasteiger charge is -2.05. The highest BCUT2D eigenvalue weighted by atomic mass is 16.5. The Morgan fingerprint density at radius 3 is 2.16 bits per heavy atom. The second-order valence-electron chi connectivity index (χ2n) is 3.53. The molecule has 4 amide bonds. The molecule has 0 aromatic heterocycles. The molecule has 7 heteroatoms. The van der Waals surface area contributed by atoms with Gasteiger partial charge in [-0.2, -0.15) is 0 Å². The van der Waals surface area contributed by atoms with Crippen molar-refractivity contribution in [3.8, 4) is 0 Å². The van der Waals surface area contributed by atoms with E-state index in [9.17, 15) is 19.2 Å². The molecule has 7 nitrogen and oxygen atoms in total. The number of nitrogens with one attached hydrogen (secondary N) is 2. The molecular formula is C12H12N2O5. The summed E-state index contributed by atoms with van der Waals surface area (Å²) in [7, 11) is 0. The van der Waals surface area contributed by atoms with E-state index >= 15 is 0 Å². The summed E-state index contributed by atoms with van der Waals surface area (Å²) in [5, 5.41) is 3.41. The minimum Gasteiger partial charge on any atom is -0.444 e. The highest BCUT2D eigenvalue weighted by Gasteiger charge is 2.18. The molecule has 2 N–H and O–H groups in total. The van der Waals surface area contributed by atoms with Gasteiger partial charge in [-0.05, 0) is 5.56 Å². The van der Waals surface area contributed by atoms with Gasteiger partial charge in [0.15, 0.2) is 0 Å². The van der Waals surface area contributed by atoms with Gasteiger partial charge in [0.1, 0.15) is 6.61 Å². The van der Waals surface area contributed by atoms with Gasteiger partial charge >= 0.3 is 17.9 Å². The molecule has 0 saturated carbocycles. The van der Waals surface area contributed by atoms with Crippen LogP contribution >= 0.6 is 0 Å². The Morgan fingerprint density at radius 2 is 1.58 bits per heavy atom. The standard InChI is InChI=1S/C12H12N2O5/c1-8(15)13-10(16)11(17)14-12(18)19-7-9-5-3-2-4-6-9/h2-6H,7H2,1H3,(H,13,15,16)(H,14,17,18). The van der Waals surface area contributed by atoms with Crippen molar-refractivity contribution >= 4 is 23.8 Å². The van der Waals surface area contributed by atoms with Gasteiger partial charge < -0.3 is 4.74 Å². The Labute approximate surface area is 108 Å². The Balaban J connectivity index is 2.37. The fourth-order valence-corrected chi connectivity index (χ4v) is 1.13. The third-order valence-electron chi connectivity index (χ3n) is 1.92. The van der Waals surface area contributed by atoms with Crippen LogP contribution in [0.5, 0.6) is 0 Å². The van der Waals surface area contributed by atoms with E-state index < -0.39 is 23.8 Å². The molecule has 1 aromatic carbocycles. The van der Waals surface area contributed by atoms with Gasteiger partial charge in [-0.25, -0.2) is 4.79 Å². The molecular weight excluding hydrogens is 252 g/mol.